The fourth-order valence-electron chi connectivity index (χ4n) is 2.17. The van der Waals surface area contributed by atoms with E-state index in [1.807, 2.05) is 19.9 Å². The Morgan fingerprint density at radius 3 is 2.58 bits per heavy atom. The minimum atomic E-state index is -0.679. The second-order valence-electron chi connectivity index (χ2n) is 5.97. The number of hydrogen-bond donors (Lipinski definition) is 1. The van der Waals surface area contributed by atoms with E-state index in [0.29, 0.717) is 11.3 Å². The van der Waals surface area contributed by atoms with Gasteiger partial charge in [-0.1, -0.05) is 6.07 Å². The van der Waals surface area contributed by atoms with Crippen LogP contribution in [-0.4, -0.2) is 42.9 Å². The molecule has 0 aliphatic heterocycles. The highest BCUT2D eigenvalue weighted by Crippen LogP contribution is 2.09. The van der Waals surface area contributed by atoms with Gasteiger partial charge in [-0.2, -0.15) is 0 Å². The molecule has 2 rings (SSSR count). The average molecular weight is 358 g/mol. The molecular weight excluding hydrogens is 336 g/mol. The van der Waals surface area contributed by atoms with Crippen LogP contribution in [0.15, 0.2) is 41.0 Å². The first-order valence-corrected chi connectivity index (χ1v) is 8.14. The summed E-state index contributed by atoms with van der Waals surface area (Å²) >= 11 is 0. The molecule has 2 amide bonds. The monoisotopic (exact) mass is 358 g/mol. The van der Waals surface area contributed by atoms with E-state index in [2.05, 4.69) is 5.32 Å². The first-order valence-electron chi connectivity index (χ1n) is 8.14. The van der Waals surface area contributed by atoms with Crippen LogP contribution in [0.5, 0.6) is 0 Å². The van der Waals surface area contributed by atoms with Gasteiger partial charge in [0.1, 0.15) is 12.3 Å². The minimum Gasteiger partial charge on any atom is -0.467 e. The van der Waals surface area contributed by atoms with E-state index >= 15 is 0 Å². The average Bonchev–Trinajstić information content (AvgIpc) is 3.12. The molecule has 138 valence electrons. The maximum absolute atomic E-state index is 12.0. The number of ether oxygens (including phenoxy) is 1. The van der Waals surface area contributed by atoms with E-state index in [-0.39, 0.29) is 24.9 Å². The van der Waals surface area contributed by atoms with Crippen molar-refractivity contribution < 1.29 is 23.5 Å². The zero-order valence-electron chi connectivity index (χ0n) is 15.1. The molecule has 0 fully saturated rings. The number of carbonyl (C=O) groups excluding carboxylic acids is 3. The molecular formula is C19H22N2O5. The third kappa shape index (κ3) is 5.47. The van der Waals surface area contributed by atoms with Gasteiger partial charge in [-0.25, -0.2) is 0 Å². The summed E-state index contributed by atoms with van der Waals surface area (Å²) in [5.74, 6) is -0.781. The van der Waals surface area contributed by atoms with Gasteiger partial charge in [-0.15, -0.1) is 0 Å². The first kappa shape index (κ1) is 19.2. The number of esters is 1. The van der Waals surface area contributed by atoms with Gasteiger partial charge in [0.2, 0.25) is 0 Å². The topological polar surface area (TPSA) is 88.8 Å². The fourth-order valence-corrected chi connectivity index (χ4v) is 2.17. The molecule has 0 spiro atoms. The predicted molar refractivity (Wildman–Crippen MR) is 94.4 cm³/mol. The molecule has 0 aliphatic carbocycles. The molecule has 0 unspecified atom stereocenters. The van der Waals surface area contributed by atoms with Crippen molar-refractivity contribution in [2.75, 3.05) is 20.2 Å². The smallest absolute Gasteiger partial charge is 0.325 e. The number of rotatable bonds is 7. The Morgan fingerprint density at radius 2 is 1.92 bits per heavy atom. The number of likely N-dealkylation sites (N-methyl/N-ethyl adjacent to an activating group) is 1. The summed E-state index contributed by atoms with van der Waals surface area (Å²) in [6, 6.07) is 8.76. The Kier molecular flexibility index (Phi) is 6.54. The van der Waals surface area contributed by atoms with Crippen molar-refractivity contribution in [3.8, 4) is 0 Å². The Bertz CT molecular complexity index is 783. The minimum absolute atomic E-state index is 0.285. The summed E-state index contributed by atoms with van der Waals surface area (Å²) < 4.78 is 10.1. The van der Waals surface area contributed by atoms with Crippen LogP contribution in [0.2, 0.25) is 0 Å². The second kappa shape index (κ2) is 8.84. The van der Waals surface area contributed by atoms with Crippen LogP contribution in [0.1, 0.15) is 27.2 Å². The van der Waals surface area contributed by atoms with E-state index in [0.717, 1.165) is 11.1 Å². The van der Waals surface area contributed by atoms with Gasteiger partial charge in [0.15, 0.2) is 6.61 Å². The molecule has 0 aliphatic rings. The molecule has 7 heteroatoms. The third-order valence-electron chi connectivity index (χ3n) is 3.92. The van der Waals surface area contributed by atoms with Crippen molar-refractivity contribution >= 4 is 17.8 Å². The van der Waals surface area contributed by atoms with Crippen molar-refractivity contribution in [2.45, 2.75) is 20.4 Å². The van der Waals surface area contributed by atoms with E-state index in [4.69, 9.17) is 9.15 Å². The summed E-state index contributed by atoms with van der Waals surface area (Å²) in [6.07, 6.45) is 1.52. The standard InChI is InChI=1S/C19H22N2O5/c1-13-6-7-15(9-14(13)2)19(24)20-10-18(23)26-12-17(22)21(3)11-16-5-4-8-25-16/h4-9H,10-12H2,1-3H3,(H,20,24). The number of aryl methyl sites for hydroxylation is 2. The molecule has 0 saturated heterocycles. The van der Waals surface area contributed by atoms with Gasteiger partial charge < -0.3 is 19.4 Å². The lowest BCUT2D eigenvalue weighted by molar-refractivity contribution is -0.150. The van der Waals surface area contributed by atoms with Crippen molar-refractivity contribution in [3.05, 3.63) is 59.0 Å². The van der Waals surface area contributed by atoms with E-state index in [1.54, 1.807) is 31.3 Å². The first-order chi connectivity index (χ1) is 12.4. The molecule has 0 saturated carbocycles. The number of nitrogens with zero attached hydrogens (tertiary/aromatic N) is 1. The van der Waals surface area contributed by atoms with Gasteiger partial charge in [0, 0.05) is 12.6 Å². The molecule has 1 aromatic heterocycles. The lowest BCUT2D eigenvalue weighted by Gasteiger charge is -2.15. The van der Waals surface area contributed by atoms with Crippen LogP contribution in [0, 0.1) is 13.8 Å². The summed E-state index contributed by atoms with van der Waals surface area (Å²) in [4.78, 5) is 37.1. The second-order valence-corrected chi connectivity index (χ2v) is 5.97. The Hall–Kier alpha value is -3.09. The van der Waals surface area contributed by atoms with Crippen molar-refractivity contribution in [2.24, 2.45) is 0 Å². The highest BCUT2D eigenvalue weighted by atomic mass is 16.5. The van der Waals surface area contributed by atoms with E-state index < -0.39 is 12.6 Å². The van der Waals surface area contributed by atoms with Crippen LogP contribution < -0.4 is 5.32 Å². The zero-order valence-corrected chi connectivity index (χ0v) is 15.1. The SMILES string of the molecule is Cc1ccc(C(=O)NCC(=O)OCC(=O)N(C)Cc2ccco2)cc1C. The largest absolute Gasteiger partial charge is 0.467 e. The van der Waals surface area contributed by atoms with Crippen molar-refractivity contribution in [3.63, 3.8) is 0 Å². The van der Waals surface area contributed by atoms with E-state index in [1.165, 1.54) is 11.2 Å². The number of benzene rings is 1. The van der Waals surface area contributed by atoms with Crippen molar-refractivity contribution in [1.82, 2.24) is 10.2 Å². The van der Waals surface area contributed by atoms with Gasteiger partial charge in [-0.05, 0) is 49.2 Å². The van der Waals surface area contributed by atoms with Crippen LogP contribution in [0.4, 0.5) is 0 Å². The van der Waals surface area contributed by atoms with Gasteiger partial charge >= 0.3 is 5.97 Å². The number of amides is 2. The van der Waals surface area contributed by atoms with Crippen LogP contribution in [-0.2, 0) is 20.9 Å². The maximum Gasteiger partial charge on any atom is 0.325 e. The molecule has 1 aromatic carbocycles. The van der Waals surface area contributed by atoms with E-state index in [9.17, 15) is 14.4 Å². The molecule has 2 aromatic rings. The molecule has 26 heavy (non-hydrogen) atoms. The van der Waals surface area contributed by atoms with Crippen LogP contribution in [0.3, 0.4) is 0 Å². The highest BCUT2D eigenvalue weighted by molar-refractivity contribution is 5.96. The van der Waals surface area contributed by atoms with Gasteiger partial charge in [0.05, 0.1) is 12.8 Å². The Balaban J connectivity index is 1.73. The third-order valence-corrected chi connectivity index (χ3v) is 3.92. The normalized spacial score (nSPS) is 10.3. The summed E-state index contributed by atoms with van der Waals surface area (Å²) in [6.45, 7) is 3.45. The van der Waals surface area contributed by atoms with Gasteiger partial charge in [-0.3, -0.25) is 14.4 Å². The fraction of sp³-hybridized carbons (Fsp3) is 0.316. The molecule has 0 radical (unpaired) electrons. The number of furan rings is 1. The molecule has 7 nitrogen and oxygen atoms in total. The zero-order chi connectivity index (χ0) is 19.1. The lowest BCUT2D eigenvalue weighted by atomic mass is 10.1. The molecule has 1 heterocycles. The molecule has 0 bridgehead atoms. The van der Waals surface area contributed by atoms with Crippen molar-refractivity contribution in [1.29, 1.82) is 0 Å². The van der Waals surface area contributed by atoms with Crippen LogP contribution in [0.25, 0.3) is 0 Å². The molecule has 1 N–H and O–H groups in total. The maximum atomic E-state index is 12.0. The quantitative estimate of drug-likeness (QED) is 0.763. The Morgan fingerprint density at radius 1 is 1.15 bits per heavy atom. The number of nitrogens with one attached hydrogen (secondary N) is 1. The lowest BCUT2D eigenvalue weighted by Crippen LogP contribution is -2.34. The predicted octanol–water partition coefficient (Wildman–Crippen LogP) is 1.83. The molecule has 0 atom stereocenters. The number of carbonyl (C=O) groups is 3. The Labute approximate surface area is 151 Å². The summed E-state index contributed by atoms with van der Waals surface area (Å²) in [5, 5.41) is 2.48. The van der Waals surface area contributed by atoms with Gasteiger partial charge in [0.25, 0.3) is 11.8 Å². The van der Waals surface area contributed by atoms with Crippen LogP contribution >= 0.6 is 0 Å². The highest BCUT2D eigenvalue weighted by Gasteiger charge is 2.14. The summed E-state index contributed by atoms with van der Waals surface area (Å²) in [7, 11) is 1.58. The number of hydrogen-bond acceptors (Lipinski definition) is 5. The summed E-state index contributed by atoms with van der Waals surface area (Å²) in [5.41, 5.74) is 2.54.